The molecule has 0 fully saturated rings. The highest BCUT2D eigenvalue weighted by Crippen LogP contribution is 2.43. The van der Waals surface area contributed by atoms with Crippen LogP contribution in [0.5, 0.6) is 0 Å². The first-order chi connectivity index (χ1) is 31.2. The van der Waals surface area contributed by atoms with Crippen molar-refractivity contribution in [2.24, 2.45) is 0 Å². The summed E-state index contributed by atoms with van der Waals surface area (Å²) >= 11 is 0. The molecule has 0 heterocycles. The first kappa shape index (κ1) is 61.4. The molecular formula is C52H93O11P. The number of hydrogen-bond acceptors (Lipinski definition) is 10. The minimum atomic E-state index is -4.74. The average molecular weight is 925 g/mol. The van der Waals surface area contributed by atoms with Crippen molar-refractivity contribution in [3.8, 4) is 0 Å². The number of carbonyl (C=O) groups excluding carboxylic acids is 3. The Bertz CT molecular complexity index is 1260. The Morgan fingerprint density at radius 1 is 0.438 bits per heavy atom. The van der Waals surface area contributed by atoms with Gasteiger partial charge in [-0.3, -0.25) is 23.4 Å². The lowest BCUT2D eigenvalue weighted by atomic mass is 10.1. The molecule has 0 saturated heterocycles. The molecule has 2 N–H and O–H groups in total. The maximum Gasteiger partial charge on any atom is 0.472 e. The van der Waals surface area contributed by atoms with Gasteiger partial charge in [0.25, 0.3) is 0 Å². The number of phosphoric ester groups is 1. The molecule has 3 unspecified atom stereocenters. The van der Waals surface area contributed by atoms with Crippen LogP contribution in [0.1, 0.15) is 226 Å². The Morgan fingerprint density at radius 2 is 0.797 bits per heavy atom. The number of unbranched alkanes of at least 4 members (excludes halogenated alkanes) is 22. The van der Waals surface area contributed by atoms with Gasteiger partial charge in [-0.05, 0) is 70.6 Å². The summed E-state index contributed by atoms with van der Waals surface area (Å²) in [7, 11) is -4.74. The number of rotatable bonds is 47. The Labute approximate surface area is 390 Å². The molecule has 0 aromatic heterocycles. The Kier molecular flexibility index (Phi) is 45.1. The van der Waals surface area contributed by atoms with Crippen molar-refractivity contribution in [1.29, 1.82) is 0 Å². The van der Waals surface area contributed by atoms with Gasteiger partial charge in [0.1, 0.15) is 12.7 Å². The minimum absolute atomic E-state index is 0.152. The molecule has 372 valence electrons. The summed E-state index contributed by atoms with van der Waals surface area (Å²) in [6, 6.07) is 0. The standard InChI is InChI=1S/C52H93O11P/c1-4-7-10-13-16-19-22-24-27-30-33-36-39-42-51(55)62-48(44-53)46-60-64(57,58)61-47-49(45-59-50(54)41-38-35-32-29-26-21-18-15-12-9-6-3)63-52(56)43-40-37-34-31-28-25-23-20-17-14-11-8-5-2/h10-11,13-14,19-20,22-23,48-49,53H,4-9,12,15-18,21,24-47H2,1-3H3,(H,57,58)/b13-10-,14-11-,22-19-,23-20-. The first-order valence-electron chi connectivity index (χ1n) is 25.5. The van der Waals surface area contributed by atoms with Gasteiger partial charge in [-0.15, -0.1) is 0 Å². The molecule has 0 radical (unpaired) electrons. The summed E-state index contributed by atoms with van der Waals surface area (Å²) in [4.78, 5) is 48.2. The summed E-state index contributed by atoms with van der Waals surface area (Å²) in [5.74, 6) is -1.49. The van der Waals surface area contributed by atoms with E-state index in [1.807, 2.05) is 0 Å². The number of ether oxygens (including phenoxy) is 3. The molecule has 0 saturated carbocycles. The van der Waals surface area contributed by atoms with Gasteiger partial charge in [0.05, 0.1) is 19.8 Å². The van der Waals surface area contributed by atoms with Crippen molar-refractivity contribution < 1.29 is 52.2 Å². The van der Waals surface area contributed by atoms with Gasteiger partial charge in [-0.25, -0.2) is 4.57 Å². The summed E-state index contributed by atoms with van der Waals surface area (Å²) in [5, 5.41) is 9.76. The minimum Gasteiger partial charge on any atom is -0.462 e. The van der Waals surface area contributed by atoms with E-state index in [4.69, 9.17) is 23.3 Å². The van der Waals surface area contributed by atoms with Crippen LogP contribution in [0.15, 0.2) is 48.6 Å². The first-order valence-corrected chi connectivity index (χ1v) is 27.0. The largest absolute Gasteiger partial charge is 0.472 e. The number of phosphoric acid groups is 1. The second-order valence-electron chi connectivity index (χ2n) is 17.0. The molecule has 0 aliphatic rings. The average Bonchev–Trinajstić information content (AvgIpc) is 3.28. The molecule has 0 spiro atoms. The van der Waals surface area contributed by atoms with Crippen LogP contribution in [0, 0.1) is 0 Å². The molecule has 11 nitrogen and oxygen atoms in total. The van der Waals surface area contributed by atoms with E-state index < -0.39 is 57.8 Å². The maximum absolute atomic E-state index is 12.8. The lowest BCUT2D eigenvalue weighted by Crippen LogP contribution is -2.30. The second kappa shape index (κ2) is 47.0. The van der Waals surface area contributed by atoms with Crippen LogP contribution in [-0.2, 0) is 42.2 Å². The SMILES string of the molecule is CCC/C=C\C/C=C\CCCCCCCC(=O)OC(CO)COP(=O)(O)OCC(COC(=O)CCCCCCCCCCCCC)OC(=O)CCCCCCC/C=C\C/C=C\CCC. The molecule has 3 atom stereocenters. The van der Waals surface area contributed by atoms with Crippen LogP contribution < -0.4 is 0 Å². The summed E-state index contributed by atoms with van der Waals surface area (Å²) in [6.45, 7) is 4.46. The molecule has 12 heteroatoms. The van der Waals surface area contributed by atoms with E-state index >= 15 is 0 Å². The van der Waals surface area contributed by atoms with E-state index in [1.165, 1.54) is 51.4 Å². The van der Waals surface area contributed by atoms with E-state index in [2.05, 4.69) is 69.4 Å². The van der Waals surface area contributed by atoms with Crippen molar-refractivity contribution in [3.63, 3.8) is 0 Å². The van der Waals surface area contributed by atoms with Crippen LogP contribution >= 0.6 is 7.82 Å². The topological polar surface area (TPSA) is 155 Å². The predicted molar refractivity (Wildman–Crippen MR) is 261 cm³/mol. The Morgan fingerprint density at radius 3 is 1.22 bits per heavy atom. The second-order valence-corrected chi connectivity index (χ2v) is 18.4. The zero-order valence-corrected chi connectivity index (χ0v) is 41.6. The fraction of sp³-hybridized carbons (Fsp3) is 0.788. The third-order valence-corrected chi connectivity index (χ3v) is 11.6. The zero-order chi connectivity index (χ0) is 47.0. The van der Waals surface area contributed by atoms with Crippen molar-refractivity contribution in [2.75, 3.05) is 26.4 Å². The third-order valence-electron chi connectivity index (χ3n) is 10.7. The van der Waals surface area contributed by atoms with Crippen molar-refractivity contribution >= 4 is 25.7 Å². The number of hydrogen-bond donors (Lipinski definition) is 2. The van der Waals surface area contributed by atoms with Gasteiger partial charge in [0.15, 0.2) is 6.10 Å². The summed E-state index contributed by atoms with van der Waals surface area (Å²) in [6.07, 6.45) is 46.5. The molecule has 0 bridgehead atoms. The van der Waals surface area contributed by atoms with Gasteiger partial charge in [-0.1, -0.05) is 185 Å². The van der Waals surface area contributed by atoms with Crippen molar-refractivity contribution in [2.45, 2.75) is 238 Å². The zero-order valence-electron chi connectivity index (χ0n) is 40.7. The highest BCUT2D eigenvalue weighted by molar-refractivity contribution is 7.47. The van der Waals surface area contributed by atoms with Gasteiger partial charge < -0.3 is 24.2 Å². The predicted octanol–water partition coefficient (Wildman–Crippen LogP) is 14.2. The molecule has 0 aromatic carbocycles. The molecule has 0 aromatic rings. The maximum atomic E-state index is 12.8. The van der Waals surface area contributed by atoms with E-state index in [9.17, 15) is 28.9 Å². The third kappa shape index (κ3) is 44.6. The molecule has 0 aliphatic heterocycles. The monoisotopic (exact) mass is 925 g/mol. The molecular weight excluding hydrogens is 832 g/mol. The molecule has 0 aliphatic carbocycles. The summed E-state index contributed by atoms with van der Waals surface area (Å²) < 4.78 is 39.3. The molecule has 0 rings (SSSR count). The number of esters is 3. The van der Waals surface area contributed by atoms with Crippen LogP contribution in [0.25, 0.3) is 0 Å². The van der Waals surface area contributed by atoms with Gasteiger partial charge in [0, 0.05) is 19.3 Å². The van der Waals surface area contributed by atoms with Crippen LogP contribution in [-0.4, -0.2) is 66.5 Å². The fourth-order valence-corrected chi connectivity index (χ4v) is 7.57. The lowest BCUT2D eigenvalue weighted by molar-refractivity contribution is -0.161. The fourth-order valence-electron chi connectivity index (χ4n) is 6.78. The van der Waals surface area contributed by atoms with Gasteiger partial charge >= 0.3 is 25.7 Å². The highest BCUT2D eigenvalue weighted by atomic mass is 31.2. The van der Waals surface area contributed by atoms with Crippen LogP contribution in [0.3, 0.4) is 0 Å². The lowest BCUT2D eigenvalue weighted by Gasteiger charge is -2.21. The number of aliphatic hydroxyl groups is 1. The van der Waals surface area contributed by atoms with Crippen LogP contribution in [0.2, 0.25) is 0 Å². The number of allylic oxidation sites excluding steroid dienone is 8. The smallest absolute Gasteiger partial charge is 0.462 e. The quantitative estimate of drug-likeness (QED) is 0.0197. The Balaban J connectivity index is 4.75. The van der Waals surface area contributed by atoms with E-state index in [0.29, 0.717) is 19.3 Å². The molecule has 64 heavy (non-hydrogen) atoms. The normalized spacial score (nSPS) is 13.9. The number of carbonyl (C=O) groups is 3. The van der Waals surface area contributed by atoms with E-state index in [-0.39, 0.29) is 25.9 Å². The van der Waals surface area contributed by atoms with Gasteiger partial charge in [-0.2, -0.15) is 0 Å². The van der Waals surface area contributed by atoms with E-state index in [1.54, 1.807) is 0 Å². The highest BCUT2D eigenvalue weighted by Gasteiger charge is 2.28. The molecule has 0 amide bonds. The van der Waals surface area contributed by atoms with Crippen molar-refractivity contribution in [3.05, 3.63) is 48.6 Å². The van der Waals surface area contributed by atoms with Crippen LogP contribution in [0.4, 0.5) is 0 Å². The number of aliphatic hydroxyl groups excluding tert-OH is 1. The van der Waals surface area contributed by atoms with Gasteiger partial charge in [0.2, 0.25) is 0 Å². The summed E-state index contributed by atoms with van der Waals surface area (Å²) in [5.41, 5.74) is 0. The van der Waals surface area contributed by atoms with E-state index in [0.717, 1.165) is 116 Å². The van der Waals surface area contributed by atoms with Crippen molar-refractivity contribution in [1.82, 2.24) is 0 Å². The Hall–Kier alpha value is -2.56.